The van der Waals surface area contributed by atoms with E-state index in [1.54, 1.807) is 30.3 Å². The van der Waals surface area contributed by atoms with Crippen molar-refractivity contribution in [2.45, 2.75) is 6.54 Å². The molecular weight excluding hydrogens is 415 g/mol. The number of rotatable bonds is 5. The number of aliphatic hydroxyl groups is 1. The summed E-state index contributed by atoms with van der Waals surface area (Å²) in [4.78, 5) is 29.5. The molecule has 1 heterocycles. The second kappa shape index (κ2) is 8.14. The number of benzene rings is 2. The maximum atomic E-state index is 12.7. The van der Waals surface area contributed by atoms with Crippen molar-refractivity contribution in [1.82, 2.24) is 15.0 Å². The van der Waals surface area contributed by atoms with Gasteiger partial charge in [-0.25, -0.2) is 4.98 Å². The predicted molar refractivity (Wildman–Crippen MR) is 106 cm³/mol. The minimum Gasteiger partial charge on any atom is -0.395 e. The quantitative estimate of drug-likeness (QED) is 0.544. The van der Waals surface area contributed by atoms with Gasteiger partial charge >= 0.3 is 5.91 Å². The average molecular weight is 428 g/mol. The zero-order valence-corrected chi connectivity index (χ0v) is 15.9. The van der Waals surface area contributed by atoms with Crippen LogP contribution in [0, 0.1) is 0 Å². The number of hydrazine groups is 1. The smallest absolute Gasteiger partial charge is 0.305 e. The van der Waals surface area contributed by atoms with Crippen molar-refractivity contribution in [3.05, 3.63) is 67.6 Å². The van der Waals surface area contributed by atoms with Crippen molar-refractivity contribution in [2.75, 3.05) is 12.0 Å². The van der Waals surface area contributed by atoms with E-state index >= 15 is 0 Å². The summed E-state index contributed by atoms with van der Waals surface area (Å²) in [5.74, 6) is -0.835. The van der Waals surface area contributed by atoms with Gasteiger partial charge in [0.05, 0.1) is 29.7 Å². The fourth-order valence-electron chi connectivity index (χ4n) is 2.48. The third kappa shape index (κ3) is 4.33. The van der Waals surface area contributed by atoms with E-state index in [0.29, 0.717) is 26.3 Å². The molecule has 2 aromatic carbocycles. The van der Waals surface area contributed by atoms with Gasteiger partial charge in [0, 0.05) is 15.1 Å². The Bertz CT molecular complexity index is 1060. The second-order valence-corrected chi connectivity index (χ2v) is 6.82. The first-order valence-corrected chi connectivity index (χ1v) is 8.86. The SMILES string of the molecule is O=C(NNc1cc(Cl)cc(Cl)c1)c1nc2ccc(Cl)cc2c(=O)n1CCO. The highest BCUT2D eigenvalue weighted by Gasteiger charge is 2.17. The Labute approximate surface area is 168 Å². The minimum absolute atomic E-state index is 0.0972. The van der Waals surface area contributed by atoms with Crippen LogP contribution in [0.15, 0.2) is 41.2 Å². The van der Waals surface area contributed by atoms with Crippen LogP contribution in [-0.2, 0) is 6.54 Å². The number of carbonyl (C=O) groups excluding carboxylic acids is 1. The van der Waals surface area contributed by atoms with E-state index in [-0.39, 0.29) is 24.4 Å². The summed E-state index contributed by atoms with van der Waals surface area (Å²) in [6.45, 7) is -0.439. The van der Waals surface area contributed by atoms with Crippen molar-refractivity contribution in [3.8, 4) is 0 Å². The largest absolute Gasteiger partial charge is 0.395 e. The Morgan fingerprint density at radius 3 is 2.44 bits per heavy atom. The van der Waals surface area contributed by atoms with Crippen LogP contribution in [0.4, 0.5) is 5.69 Å². The lowest BCUT2D eigenvalue weighted by Crippen LogP contribution is -2.37. The van der Waals surface area contributed by atoms with E-state index < -0.39 is 11.5 Å². The molecule has 0 atom stereocenters. The summed E-state index contributed by atoms with van der Waals surface area (Å²) in [7, 11) is 0. The summed E-state index contributed by atoms with van der Waals surface area (Å²) in [6, 6.07) is 9.25. The predicted octanol–water partition coefficient (Wildman–Crippen LogP) is 3.11. The molecule has 1 amide bonds. The van der Waals surface area contributed by atoms with Crippen LogP contribution in [0.1, 0.15) is 10.6 Å². The molecule has 140 valence electrons. The van der Waals surface area contributed by atoms with Gasteiger partial charge < -0.3 is 5.11 Å². The monoisotopic (exact) mass is 426 g/mol. The van der Waals surface area contributed by atoms with Gasteiger partial charge in [-0.05, 0) is 36.4 Å². The lowest BCUT2D eigenvalue weighted by atomic mass is 10.2. The lowest BCUT2D eigenvalue weighted by molar-refractivity contribution is 0.0945. The van der Waals surface area contributed by atoms with Crippen molar-refractivity contribution in [2.24, 2.45) is 0 Å². The first-order valence-electron chi connectivity index (χ1n) is 7.72. The van der Waals surface area contributed by atoms with Gasteiger partial charge in [0.25, 0.3) is 5.56 Å². The molecule has 0 saturated carbocycles. The van der Waals surface area contributed by atoms with Gasteiger partial charge in [0.2, 0.25) is 5.82 Å². The number of nitrogens with one attached hydrogen (secondary N) is 2. The zero-order chi connectivity index (χ0) is 19.6. The van der Waals surface area contributed by atoms with Gasteiger partial charge in [-0.2, -0.15) is 0 Å². The maximum Gasteiger partial charge on any atom is 0.305 e. The summed E-state index contributed by atoms with van der Waals surface area (Å²) in [5, 5.41) is 10.6. The van der Waals surface area contributed by atoms with Crippen LogP contribution < -0.4 is 16.4 Å². The van der Waals surface area contributed by atoms with E-state index in [1.807, 2.05) is 0 Å². The number of fused-ring (bicyclic) bond motifs is 1. The Morgan fingerprint density at radius 1 is 1.07 bits per heavy atom. The van der Waals surface area contributed by atoms with Crippen LogP contribution >= 0.6 is 34.8 Å². The standard InChI is InChI=1S/C17H13Cl3N4O3/c18-9-1-2-14-13(8-9)17(27)24(3-4-25)15(21-14)16(26)23-22-12-6-10(19)5-11(20)7-12/h1-2,5-8,22,25H,3-4H2,(H,23,26). The highest BCUT2D eigenvalue weighted by Crippen LogP contribution is 2.22. The molecule has 0 spiro atoms. The molecule has 0 unspecified atom stereocenters. The molecule has 0 aliphatic rings. The number of aliphatic hydroxyl groups excluding tert-OH is 1. The molecule has 0 radical (unpaired) electrons. The molecule has 3 aromatic rings. The molecule has 0 saturated heterocycles. The highest BCUT2D eigenvalue weighted by molar-refractivity contribution is 6.35. The molecular formula is C17H13Cl3N4O3. The number of hydrogen-bond acceptors (Lipinski definition) is 5. The van der Waals surface area contributed by atoms with Crippen molar-refractivity contribution in [3.63, 3.8) is 0 Å². The van der Waals surface area contributed by atoms with Crippen LogP contribution in [0.3, 0.4) is 0 Å². The fraction of sp³-hybridized carbons (Fsp3) is 0.118. The summed E-state index contributed by atoms with van der Waals surface area (Å²) in [6.07, 6.45) is 0. The number of hydrogen-bond donors (Lipinski definition) is 3. The molecule has 3 rings (SSSR count). The second-order valence-electron chi connectivity index (χ2n) is 5.51. The van der Waals surface area contributed by atoms with Crippen LogP contribution in [0.5, 0.6) is 0 Å². The number of anilines is 1. The normalized spacial score (nSPS) is 10.8. The lowest BCUT2D eigenvalue weighted by Gasteiger charge is -2.14. The van der Waals surface area contributed by atoms with Gasteiger partial charge in [-0.1, -0.05) is 34.8 Å². The van der Waals surface area contributed by atoms with E-state index in [1.165, 1.54) is 6.07 Å². The van der Waals surface area contributed by atoms with E-state index in [9.17, 15) is 14.7 Å². The Kier molecular flexibility index (Phi) is 5.86. The Balaban J connectivity index is 1.96. The molecule has 27 heavy (non-hydrogen) atoms. The molecule has 0 aliphatic heterocycles. The van der Waals surface area contributed by atoms with E-state index in [0.717, 1.165) is 4.57 Å². The van der Waals surface area contributed by atoms with E-state index in [4.69, 9.17) is 34.8 Å². The topological polar surface area (TPSA) is 96.3 Å². The van der Waals surface area contributed by atoms with Crippen molar-refractivity contribution < 1.29 is 9.90 Å². The molecule has 3 N–H and O–H groups in total. The highest BCUT2D eigenvalue weighted by atomic mass is 35.5. The summed E-state index contributed by atoms with van der Waals surface area (Å²) >= 11 is 17.8. The molecule has 10 heteroatoms. The third-order valence-corrected chi connectivity index (χ3v) is 4.30. The number of carbonyl (C=O) groups is 1. The summed E-state index contributed by atoms with van der Waals surface area (Å²) < 4.78 is 1.08. The van der Waals surface area contributed by atoms with E-state index in [2.05, 4.69) is 15.8 Å². The fourth-order valence-corrected chi connectivity index (χ4v) is 3.18. The molecule has 0 bridgehead atoms. The molecule has 0 fully saturated rings. The third-order valence-electron chi connectivity index (χ3n) is 3.63. The number of nitrogens with zero attached hydrogens (tertiary/aromatic N) is 2. The molecule has 7 nitrogen and oxygen atoms in total. The number of aromatic nitrogens is 2. The van der Waals surface area contributed by atoms with Crippen LogP contribution in [0.25, 0.3) is 10.9 Å². The minimum atomic E-state index is -0.673. The summed E-state index contributed by atoms with van der Waals surface area (Å²) in [5.41, 5.74) is 5.38. The first-order chi connectivity index (χ1) is 12.9. The average Bonchev–Trinajstić information content (AvgIpc) is 2.61. The number of halogens is 3. The van der Waals surface area contributed by atoms with Crippen LogP contribution in [-0.4, -0.2) is 27.2 Å². The zero-order valence-electron chi connectivity index (χ0n) is 13.7. The van der Waals surface area contributed by atoms with Gasteiger partial charge in [-0.15, -0.1) is 0 Å². The first kappa shape index (κ1) is 19.4. The van der Waals surface area contributed by atoms with Gasteiger partial charge in [0.1, 0.15) is 0 Å². The van der Waals surface area contributed by atoms with Crippen molar-refractivity contribution >= 4 is 57.3 Å². The van der Waals surface area contributed by atoms with Gasteiger partial charge in [0.15, 0.2) is 0 Å². The van der Waals surface area contributed by atoms with Gasteiger partial charge in [-0.3, -0.25) is 25.0 Å². The van der Waals surface area contributed by atoms with Crippen molar-refractivity contribution in [1.29, 1.82) is 0 Å². The molecule has 1 aromatic heterocycles. The van der Waals surface area contributed by atoms with Crippen LogP contribution in [0.2, 0.25) is 15.1 Å². The molecule has 0 aliphatic carbocycles. The Hall–Kier alpha value is -2.32. The Morgan fingerprint density at radius 2 is 1.78 bits per heavy atom. The maximum absolute atomic E-state index is 12.7. The number of amides is 1.